The molecule has 1 N–H and O–H groups in total. The molecule has 1 aliphatic carbocycles. The van der Waals surface area contributed by atoms with Gasteiger partial charge >= 0.3 is 0 Å². The molecule has 2 atom stereocenters. The summed E-state index contributed by atoms with van der Waals surface area (Å²) in [5, 5.41) is 11.3. The van der Waals surface area contributed by atoms with Gasteiger partial charge in [-0.25, -0.2) is 0 Å². The molecule has 2 aromatic carbocycles. The second-order valence-corrected chi connectivity index (χ2v) is 6.59. The Morgan fingerprint density at radius 3 is 2.42 bits per heavy atom. The molecule has 26 heavy (non-hydrogen) atoms. The lowest BCUT2D eigenvalue weighted by Gasteiger charge is -2.26. The van der Waals surface area contributed by atoms with Crippen LogP contribution >= 0.6 is 0 Å². The lowest BCUT2D eigenvalue weighted by molar-refractivity contribution is -0.126. The minimum atomic E-state index is -0.104. The first-order valence-corrected chi connectivity index (χ1v) is 9.09. The van der Waals surface area contributed by atoms with E-state index in [9.17, 15) is 4.79 Å². The first-order chi connectivity index (χ1) is 12.8. The molecule has 2 aromatic rings. The molecule has 130 valence electrons. The van der Waals surface area contributed by atoms with Crippen molar-refractivity contribution in [2.45, 2.75) is 25.7 Å². The second-order valence-electron chi connectivity index (χ2n) is 6.59. The van der Waals surface area contributed by atoms with Crippen molar-refractivity contribution in [1.29, 1.82) is 5.26 Å². The number of amides is 1. The summed E-state index contributed by atoms with van der Waals surface area (Å²) in [5.41, 5.74) is 3.32. The van der Waals surface area contributed by atoms with Crippen LogP contribution in [0.15, 0.2) is 54.6 Å². The summed E-state index contributed by atoms with van der Waals surface area (Å²) < 4.78 is 0. The van der Waals surface area contributed by atoms with Crippen LogP contribution in [0.1, 0.15) is 31.2 Å². The molecule has 1 saturated carbocycles. The summed E-state index contributed by atoms with van der Waals surface area (Å²) in [6.45, 7) is 0.0659. The van der Waals surface area contributed by atoms with Gasteiger partial charge in [0.05, 0.1) is 12.0 Å². The molecule has 1 aliphatic rings. The van der Waals surface area contributed by atoms with Gasteiger partial charge in [0, 0.05) is 11.5 Å². The van der Waals surface area contributed by atoms with Crippen LogP contribution < -0.4 is 5.32 Å². The van der Waals surface area contributed by atoms with Crippen LogP contribution in [-0.2, 0) is 4.79 Å². The average molecular weight is 342 g/mol. The molecule has 0 radical (unpaired) electrons. The van der Waals surface area contributed by atoms with Gasteiger partial charge in [-0.15, -0.1) is 0 Å². The molecule has 3 rings (SSSR count). The Balaban J connectivity index is 1.71. The van der Waals surface area contributed by atoms with Crippen molar-refractivity contribution in [2.75, 3.05) is 6.54 Å². The number of benzene rings is 2. The van der Waals surface area contributed by atoms with Gasteiger partial charge in [0.25, 0.3) is 0 Å². The summed E-state index contributed by atoms with van der Waals surface area (Å²) >= 11 is 0. The monoisotopic (exact) mass is 342 g/mol. The topological polar surface area (TPSA) is 52.9 Å². The van der Waals surface area contributed by atoms with Gasteiger partial charge < -0.3 is 5.32 Å². The summed E-state index contributed by atoms with van der Waals surface area (Å²) in [7, 11) is 0. The molecular formula is C23H22N2O. The zero-order valence-electron chi connectivity index (χ0n) is 14.7. The first-order valence-electron chi connectivity index (χ1n) is 9.09. The summed E-state index contributed by atoms with van der Waals surface area (Å²) in [6.07, 6.45) is 3.95. The summed E-state index contributed by atoms with van der Waals surface area (Å²) in [4.78, 5) is 12.3. The van der Waals surface area contributed by atoms with Crippen LogP contribution in [0.5, 0.6) is 0 Å². The van der Waals surface area contributed by atoms with Crippen LogP contribution in [-0.4, -0.2) is 12.5 Å². The van der Waals surface area contributed by atoms with E-state index in [2.05, 4.69) is 41.4 Å². The lowest BCUT2D eigenvalue weighted by Crippen LogP contribution is -2.36. The second kappa shape index (κ2) is 8.88. The first kappa shape index (κ1) is 17.8. The molecule has 0 spiro atoms. The average Bonchev–Trinajstić information content (AvgIpc) is 2.71. The molecule has 1 unspecified atom stereocenters. The van der Waals surface area contributed by atoms with Crippen molar-refractivity contribution in [1.82, 2.24) is 5.32 Å². The van der Waals surface area contributed by atoms with E-state index in [4.69, 9.17) is 5.26 Å². The molecule has 3 nitrogen and oxygen atoms in total. The predicted octanol–water partition coefficient (Wildman–Crippen LogP) is 4.15. The van der Waals surface area contributed by atoms with Crippen molar-refractivity contribution < 1.29 is 4.79 Å². The van der Waals surface area contributed by atoms with Crippen LogP contribution in [0.2, 0.25) is 0 Å². The van der Waals surface area contributed by atoms with E-state index < -0.39 is 0 Å². The molecule has 1 amide bonds. The third kappa shape index (κ3) is 4.52. The highest BCUT2D eigenvalue weighted by Gasteiger charge is 2.29. The zero-order valence-corrected chi connectivity index (χ0v) is 14.7. The quantitative estimate of drug-likeness (QED) is 0.673. The van der Waals surface area contributed by atoms with Crippen LogP contribution in [0.3, 0.4) is 0 Å². The highest BCUT2D eigenvalue weighted by molar-refractivity contribution is 5.79. The summed E-state index contributed by atoms with van der Waals surface area (Å²) in [6, 6.07) is 20.4. The third-order valence-electron chi connectivity index (χ3n) is 4.84. The third-order valence-corrected chi connectivity index (χ3v) is 4.84. The number of rotatable bonds is 3. The van der Waals surface area contributed by atoms with Crippen LogP contribution in [0.25, 0.3) is 11.1 Å². The number of hydrogen-bond donors (Lipinski definition) is 1. The van der Waals surface area contributed by atoms with E-state index in [1.807, 2.05) is 36.4 Å². The molecule has 0 bridgehead atoms. The minimum absolute atomic E-state index is 0.0371. The van der Waals surface area contributed by atoms with E-state index in [1.54, 1.807) is 0 Å². The van der Waals surface area contributed by atoms with E-state index >= 15 is 0 Å². The molecule has 0 saturated heterocycles. The smallest absolute Gasteiger partial charge is 0.225 e. The number of carbonyl (C=O) groups is 1. The Morgan fingerprint density at radius 2 is 1.69 bits per heavy atom. The minimum Gasteiger partial charge on any atom is -0.343 e. The fraction of sp³-hybridized carbons (Fsp3) is 0.304. The number of carbonyl (C=O) groups excluding carboxylic acids is 1. The molecule has 0 aliphatic heterocycles. The zero-order chi connectivity index (χ0) is 18.2. The number of hydrogen-bond acceptors (Lipinski definition) is 2. The van der Waals surface area contributed by atoms with Crippen LogP contribution in [0.4, 0.5) is 0 Å². The van der Waals surface area contributed by atoms with Crippen molar-refractivity contribution in [3.05, 3.63) is 60.2 Å². The van der Waals surface area contributed by atoms with Gasteiger partial charge in [-0.3, -0.25) is 4.79 Å². The van der Waals surface area contributed by atoms with E-state index in [0.29, 0.717) is 0 Å². The molecular weight excluding hydrogens is 320 g/mol. The van der Waals surface area contributed by atoms with Crippen molar-refractivity contribution in [2.24, 2.45) is 11.8 Å². The van der Waals surface area contributed by atoms with Gasteiger partial charge in [-0.2, -0.15) is 5.26 Å². The highest BCUT2D eigenvalue weighted by Crippen LogP contribution is 2.30. The Bertz CT molecular complexity index is 838. The Kier molecular flexibility index (Phi) is 6.07. The Labute approximate surface area is 155 Å². The van der Waals surface area contributed by atoms with Gasteiger partial charge in [-0.05, 0) is 36.1 Å². The van der Waals surface area contributed by atoms with E-state index in [0.717, 1.165) is 31.2 Å². The van der Waals surface area contributed by atoms with Gasteiger partial charge in [0.2, 0.25) is 5.91 Å². The Morgan fingerprint density at radius 1 is 1.00 bits per heavy atom. The standard InChI is InChI=1S/C23H22N2O/c24-16-17-25-23(26)22-9-5-4-8-21(22)15-12-18-10-13-20(14-11-18)19-6-2-1-3-7-19/h1-3,6-7,10-11,13-14,21-22H,4-5,8-9,17H2,(H,25,26)/t21?,22-/m1/s1. The van der Waals surface area contributed by atoms with Crippen LogP contribution in [0, 0.1) is 35.0 Å². The van der Waals surface area contributed by atoms with Crippen molar-refractivity contribution >= 4 is 5.91 Å². The highest BCUT2D eigenvalue weighted by atomic mass is 16.1. The molecule has 0 aromatic heterocycles. The molecule has 3 heteroatoms. The van der Waals surface area contributed by atoms with E-state index in [1.165, 1.54) is 11.1 Å². The predicted molar refractivity (Wildman–Crippen MR) is 103 cm³/mol. The molecule has 0 heterocycles. The normalized spacial score (nSPS) is 18.9. The largest absolute Gasteiger partial charge is 0.343 e. The molecule has 1 fully saturated rings. The number of nitriles is 1. The van der Waals surface area contributed by atoms with Gasteiger partial charge in [0.15, 0.2) is 0 Å². The summed E-state index contributed by atoms with van der Waals surface area (Å²) in [5.74, 6) is 6.48. The fourth-order valence-electron chi connectivity index (χ4n) is 3.43. The number of nitrogens with zero attached hydrogens (tertiary/aromatic N) is 1. The van der Waals surface area contributed by atoms with Crippen molar-refractivity contribution in [3.8, 4) is 29.0 Å². The maximum absolute atomic E-state index is 12.3. The fourth-order valence-corrected chi connectivity index (χ4v) is 3.43. The maximum atomic E-state index is 12.3. The SMILES string of the molecule is N#CCNC(=O)[C@@H]1CCCCC1C#Cc1ccc(-c2ccccc2)cc1. The maximum Gasteiger partial charge on any atom is 0.225 e. The van der Waals surface area contributed by atoms with Crippen molar-refractivity contribution in [3.63, 3.8) is 0 Å². The van der Waals surface area contributed by atoms with Gasteiger partial charge in [0.1, 0.15) is 6.54 Å². The lowest BCUT2D eigenvalue weighted by atomic mass is 9.79. The Hall–Kier alpha value is -3.04. The van der Waals surface area contributed by atoms with Gasteiger partial charge in [-0.1, -0.05) is 67.1 Å². The van der Waals surface area contributed by atoms with E-state index in [-0.39, 0.29) is 24.3 Å². The number of nitrogens with one attached hydrogen (secondary N) is 1.